The lowest BCUT2D eigenvalue weighted by Crippen LogP contribution is -2.67. The number of carboxylic acids is 1. The number of aliphatic carboxylic acids is 1. The molecule has 7 rings (SSSR count). The first-order valence-electron chi connectivity index (χ1n) is 39.0. The largest absolute Gasteiger partial charge is 0.494 e. The van der Waals surface area contributed by atoms with E-state index in [1.165, 1.54) is 38.4 Å². The highest BCUT2D eigenvalue weighted by Gasteiger charge is 2.44. The number of hydrogen-bond acceptors (Lipinski definition) is 22. The van der Waals surface area contributed by atoms with Gasteiger partial charge in [-0.2, -0.15) is 5.21 Å². The molecule has 37 nitrogen and oxygen atoms in total. The van der Waals surface area contributed by atoms with Crippen molar-refractivity contribution in [3.63, 3.8) is 0 Å². The van der Waals surface area contributed by atoms with Crippen molar-refractivity contribution in [1.29, 1.82) is 0 Å². The Bertz CT molecular complexity index is 4630. The van der Waals surface area contributed by atoms with E-state index in [1.54, 1.807) is 30.5 Å². The summed E-state index contributed by atoms with van der Waals surface area (Å²) in [5.41, 5.74) is 9.13. The number of imidazole rings is 1. The van der Waals surface area contributed by atoms with Crippen LogP contribution in [0, 0.1) is 25.1 Å². The molecule has 7 aromatic rings. The maximum Gasteiger partial charge on any atom is 0.305 e. The van der Waals surface area contributed by atoms with Crippen LogP contribution in [0.15, 0.2) is 104 Å². The van der Waals surface area contributed by atoms with Crippen molar-refractivity contribution in [1.82, 2.24) is 98.8 Å². The van der Waals surface area contributed by atoms with Gasteiger partial charge in [0.15, 0.2) is 5.82 Å². The number of rotatable bonds is 46. The first-order valence-corrected chi connectivity index (χ1v) is 39.0. The third-order valence-corrected chi connectivity index (χ3v) is 19.6. The van der Waals surface area contributed by atoms with E-state index in [4.69, 9.17) is 10.5 Å². The maximum atomic E-state index is 15.6. The second kappa shape index (κ2) is 43.7. The first-order chi connectivity index (χ1) is 56.3. The number of aliphatic hydroxyl groups excluding tert-OH is 3. The number of carbonyl (C=O) groups excluding carboxylic acids is 11. The van der Waals surface area contributed by atoms with Crippen molar-refractivity contribution >= 4 is 70.9 Å². The van der Waals surface area contributed by atoms with Crippen molar-refractivity contribution in [3.05, 3.63) is 160 Å². The molecule has 38 heteroatoms. The summed E-state index contributed by atoms with van der Waals surface area (Å²) in [5.74, 6) is -14.2. The summed E-state index contributed by atoms with van der Waals surface area (Å²) >= 11 is 0. The summed E-state index contributed by atoms with van der Waals surface area (Å²) in [4.78, 5) is 174. The molecule has 0 radical (unpaired) electrons. The highest BCUT2D eigenvalue weighted by molar-refractivity contribution is 6.06. The molecular weight excluding hydrogens is 1540 g/mol. The number of nitrogens with two attached hydrogens (primary N) is 1. The molecule has 11 amide bonds. The van der Waals surface area contributed by atoms with Crippen molar-refractivity contribution < 1.29 is 87.1 Å². The minimum Gasteiger partial charge on any atom is -0.494 e. The van der Waals surface area contributed by atoms with Gasteiger partial charge >= 0.3 is 5.97 Å². The van der Waals surface area contributed by atoms with Gasteiger partial charge in [0, 0.05) is 62.3 Å². The van der Waals surface area contributed by atoms with Crippen LogP contribution >= 0.6 is 0 Å². The summed E-state index contributed by atoms with van der Waals surface area (Å²) in [6, 6.07) is 11.1. The van der Waals surface area contributed by atoms with E-state index in [1.807, 2.05) is 68.0 Å². The molecular formula is C81H109FN20O17. The van der Waals surface area contributed by atoms with Gasteiger partial charge in [-0.15, -0.1) is 15.3 Å². The number of carboxylic acid groups (broad SMARTS) is 1. The summed E-state index contributed by atoms with van der Waals surface area (Å²) in [5, 5.41) is 88.6. The lowest BCUT2D eigenvalue weighted by atomic mass is 9.90. The van der Waals surface area contributed by atoms with Crippen molar-refractivity contribution in [3.8, 4) is 16.9 Å². The van der Waals surface area contributed by atoms with Crippen LogP contribution in [-0.2, 0) is 108 Å². The number of tetrazole rings is 1. The van der Waals surface area contributed by atoms with E-state index in [0.717, 1.165) is 78.8 Å². The number of carbonyl (C=O) groups is 12. The third kappa shape index (κ3) is 28.4. The Balaban J connectivity index is 1.04. The van der Waals surface area contributed by atoms with E-state index in [2.05, 4.69) is 115 Å². The predicted molar refractivity (Wildman–Crippen MR) is 429 cm³/mol. The Hall–Kier alpha value is -12.5. The average molecular weight is 1650 g/mol. The molecule has 3 heterocycles. The van der Waals surface area contributed by atoms with Gasteiger partial charge < -0.3 is 89.0 Å². The first kappa shape index (κ1) is 93.7. The molecule has 0 saturated heterocycles. The number of H-pyrrole nitrogens is 2. The zero-order valence-electron chi connectivity index (χ0n) is 68.5. The number of benzene rings is 4. The van der Waals surface area contributed by atoms with E-state index in [0.29, 0.717) is 55.8 Å². The fourth-order valence-corrected chi connectivity index (χ4v) is 12.7. The lowest BCUT2D eigenvalue weighted by Gasteiger charge is -2.34. The summed E-state index contributed by atoms with van der Waals surface area (Å²) in [7, 11) is 0. The average Bonchev–Trinajstić information content (AvgIpc) is 1.07. The van der Waals surface area contributed by atoms with Crippen LogP contribution in [0.5, 0.6) is 5.75 Å². The molecule has 3 aromatic heterocycles. The van der Waals surface area contributed by atoms with Gasteiger partial charge in [0.25, 0.3) is 0 Å². The van der Waals surface area contributed by atoms with Gasteiger partial charge in [-0.05, 0) is 139 Å². The second-order valence-electron chi connectivity index (χ2n) is 31.1. The number of hydrogen-bond donors (Lipinski definition) is 17. The Morgan fingerprint density at radius 1 is 0.647 bits per heavy atom. The molecule has 18 N–H and O–H groups in total. The monoisotopic (exact) mass is 1650 g/mol. The van der Waals surface area contributed by atoms with Gasteiger partial charge in [-0.25, -0.2) is 9.37 Å². The summed E-state index contributed by atoms with van der Waals surface area (Å²) in [6.45, 7) is 17.0. The molecule has 0 aliphatic carbocycles. The third-order valence-electron chi connectivity index (χ3n) is 19.6. The topological polar surface area (TPSA) is 555 Å². The summed E-state index contributed by atoms with van der Waals surface area (Å²) in [6.07, 6.45) is 2.25. The number of primary amides is 1. The van der Waals surface area contributed by atoms with Crippen LogP contribution < -0.4 is 63.6 Å². The van der Waals surface area contributed by atoms with Crippen LogP contribution in [0.4, 0.5) is 4.39 Å². The number of amides is 11. The molecule has 642 valence electrons. The number of aromatic amines is 2. The molecule has 0 fully saturated rings. The number of aromatic nitrogens is 9. The number of ether oxygens (including phenoxy) is 1. The number of unbranched alkanes of at least 4 members (excludes halogenated alkanes) is 1. The molecule has 119 heavy (non-hydrogen) atoms. The van der Waals surface area contributed by atoms with Crippen molar-refractivity contribution in [2.75, 3.05) is 26.3 Å². The Morgan fingerprint density at radius 2 is 1.29 bits per heavy atom. The van der Waals surface area contributed by atoms with Crippen LogP contribution in [-0.4, -0.2) is 223 Å². The Morgan fingerprint density at radius 3 is 1.91 bits per heavy atom. The molecule has 4 aromatic carbocycles. The van der Waals surface area contributed by atoms with E-state index in [9.17, 15) is 78.0 Å². The second-order valence-corrected chi connectivity index (χ2v) is 31.1. The minimum atomic E-state index is -2.41. The molecule has 0 unspecified atom stereocenters. The summed E-state index contributed by atoms with van der Waals surface area (Å²) < 4.78 is 23.5. The number of nitrogens with one attached hydrogen (secondary N) is 12. The molecule has 0 saturated carbocycles. The molecule has 0 aliphatic rings. The van der Waals surface area contributed by atoms with E-state index >= 15 is 4.39 Å². The van der Waals surface area contributed by atoms with Gasteiger partial charge in [0.05, 0.1) is 50.4 Å². The smallest absolute Gasteiger partial charge is 0.305 e. The van der Waals surface area contributed by atoms with Gasteiger partial charge in [0.2, 0.25) is 65.0 Å². The van der Waals surface area contributed by atoms with E-state index < -0.39 is 175 Å². The maximum absolute atomic E-state index is 15.6. The number of halogens is 1. The fraction of sp³-hybridized carbons (Fsp3) is 0.481. The van der Waals surface area contributed by atoms with Crippen LogP contribution in [0.1, 0.15) is 145 Å². The number of nitrogens with zero attached hydrogens (tertiary/aromatic N) is 7. The normalized spacial score (nSPS) is 14.3. The quantitative estimate of drug-likeness (QED) is 0.0179. The van der Waals surface area contributed by atoms with Crippen LogP contribution in [0.3, 0.4) is 0 Å². The van der Waals surface area contributed by atoms with Crippen LogP contribution in [0.25, 0.3) is 11.1 Å². The SMILES string of the molecule is CCc1cc(OCCCCn2cc(C(C)(C)C)nn2)ccc1-c1ccc(C[C@H](NC(=O)[C@H](CC(=O)O)NC(=O)[C@H](CO)NC(=O)[C@@H](NC(=O)[C@](C)(Cc2ccccc2F)NC(=O)[C@@H](NC(=O)CNC(=O)[C@H](Cc2nn[nH]n2)NC(=O)C(C)(C)C(=O)NCCc2cnc[nH]2)[C@@H](C)O)[C@@H](C)O)C(=O)N[C@@H](CCCc2cc(C)cc(C)c2)C(N)=O)cc1. The number of aliphatic hydroxyl groups is 3. The Labute approximate surface area is 687 Å². The van der Waals surface area contributed by atoms with E-state index in [-0.39, 0.29) is 36.2 Å². The van der Waals surface area contributed by atoms with Crippen LogP contribution in [0.2, 0.25) is 0 Å². The molecule has 0 aliphatic heterocycles. The zero-order valence-corrected chi connectivity index (χ0v) is 68.5. The van der Waals surface area contributed by atoms with Crippen molar-refractivity contribution in [2.45, 2.75) is 219 Å². The van der Waals surface area contributed by atoms with Gasteiger partial charge in [-0.3, -0.25) is 62.2 Å². The highest BCUT2D eigenvalue weighted by atomic mass is 19.1. The molecule has 10 atom stereocenters. The van der Waals surface area contributed by atoms with Crippen molar-refractivity contribution in [2.24, 2.45) is 11.1 Å². The number of aryl methyl sites for hydroxylation is 5. The molecule has 0 bridgehead atoms. The van der Waals surface area contributed by atoms with Gasteiger partial charge in [-0.1, -0.05) is 116 Å². The highest BCUT2D eigenvalue weighted by Crippen LogP contribution is 2.30. The Kier molecular flexibility index (Phi) is 34.4. The lowest BCUT2D eigenvalue weighted by molar-refractivity contribution is -0.143. The standard InChI is InChI=1S/C81H109FN20O17/c1-12-51-36-55(119-31-16-15-30-102-42-63(96-101-102)79(6,7)8)26-27-56(51)52-24-22-49(23-25-52)35-59(71(111)88-58(69(83)109)21-17-18-50-33-45(2)32-46(3)34-50)89-72(112)61(38-66(107)108)90-73(113)62(43-103)91-74(114)67(47(4)104)94-78(118)81(11,39-53-19-13-14-20-57(53)82)95-75(115)68(48(5)105)93-65(106)41-86-70(110)60(37-64-97-99-100-98-64)92-77(117)80(9,10)76(116)85-29-28-54-40-84-44-87-54/h13-14,19-20,22-27,32-34,36,40,42,44,47-48,58-62,67-68,103-105H,12,15-18,21,28-31,35,37-39,41,43H2,1-11H3,(H2,83,109)(H,84,87)(H,85,116)(H,86,110)(H,88,111)(H,89,112)(H,90,113)(H,91,114)(H,92,117)(H,93,106)(H,94,118)(H,95,115)(H,107,108)(H,97,98,99,100)/t47-,48-,58+,59+,60+,61+,62+,67+,68+,81+/m1/s1. The zero-order chi connectivity index (χ0) is 87.5. The predicted octanol–water partition coefficient (Wildman–Crippen LogP) is 0.191. The molecule has 0 spiro atoms. The fourth-order valence-electron chi connectivity index (χ4n) is 12.7. The van der Waals surface area contributed by atoms with Gasteiger partial charge in [0.1, 0.15) is 64.8 Å². The minimum absolute atomic E-state index is 0.0659.